The first-order valence-electron chi connectivity index (χ1n) is 9.88. The van der Waals surface area contributed by atoms with Crippen molar-refractivity contribution in [3.8, 4) is 11.3 Å². The molecule has 0 unspecified atom stereocenters. The third kappa shape index (κ3) is 5.19. The van der Waals surface area contributed by atoms with Crippen LogP contribution in [0.15, 0.2) is 42.9 Å². The monoisotopic (exact) mass is 441 g/mol. The van der Waals surface area contributed by atoms with Crippen LogP contribution in [0.25, 0.3) is 11.3 Å². The maximum absolute atomic E-state index is 12.0. The van der Waals surface area contributed by atoms with E-state index in [1.807, 2.05) is 44.3 Å². The largest absolute Gasteiger partial charge is 0.370 e. The average molecular weight is 442 g/mol. The number of benzene rings is 1. The van der Waals surface area contributed by atoms with Gasteiger partial charge in [-0.05, 0) is 38.1 Å². The molecule has 31 heavy (non-hydrogen) atoms. The van der Waals surface area contributed by atoms with Gasteiger partial charge in [0, 0.05) is 35.2 Å². The number of morpholine rings is 1. The lowest BCUT2D eigenvalue weighted by Gasteiger charge is -2.26. The Morgan fingerprint density at radius 3 is 2.74 bits per heavy atom. The molecule has 2 aromatic heterocycles. The first kappa shape index (κ1) is 21.2. The van der Waals surface area contributed by atoms with E-state index in [9.17, 15) is 4.79 Å². The first-order chi connectivity index (χ1) is 14.8. The van der Waals surface area contributed by atoms with E-state index in [4.69, 9.17) is 22.1 Å². The zero-order chi connectivity index (χ0) is 22.0. The van der Waals surface area contributed by atoms with Crippen LogP contribution in [0.2, 0.25) is 5.02 Å². The van der Waals surface area contributed by atoms with Gasteiger partial charge in [-0.1, -0.05) is 11.6 Å². The molecule has 1 aliphatic heterocycles. The molecule has 1 aliphatic rings. The van der Waals surface area contributed by atoms with Crippen molar-refractivity contribution in [1.82, 2.24) is 19.7 Å². The van der Waals surface area contributed by atoms with Crippen molar-refractivity contribution in [2.24, 2.45) is 5.73 Å². The van der Waals surface area contributed by atoms with E-state index in [0.29, 0.717) is 36.4 Å². The number of rotatable bonds is 6. The molecule has 0 atom stereocenters. The molecule has 3 heterocycles. The van der Waals surface area contributed by atoms with Gasteiger partial charge in [-0.3, -0.25) is 9.48 Å². The Balaban J connectivity index is 1.50. The molecule has 3 aromatic rings. The molecule has 10 heteroatoms. The fourth-order valence-electron chi connectivity index (χ4n) is 3.26. The highest BCUT2D eigenvalue weighted by Gasteiger charge is 2.20. The van der Waals surface area contributed by atoms with Gasteiger partial charge in [-0.2, -0.15) is 5.10 Å². The van der Waals surface area contributed by atoms with Crippen molar-refractivity contribution in [3.05, 3.63) is 47.9 Å². The average Bonchev–Trinajstić information content (AvgIpc) is 3.17. The van der Waals surface area contributed by atoms with Crippen molar-refractivity contribution in [3.63, 3.8) is 0 Å². The summed E-state index contributed by atoms with van der Waals surface area (Å²) in [5, 5.41) is 7.95. The molecule has 0 spiro atoms. The van der Waals surface area contributed by atoms with Crippen molar-refractivity contribution in [1.29, 1.82) is 0 Å². The molecule has 1 fully saturated rings. The predicted octanol–water partition coefficient (Wildman–Crippen LogP) is 2.84. The van der Waals surface area contributed by atoms with Crippen LogP contribution < -0.4 is 16.0 Å². The number of hydrogen-bond donors (Lipinski definition) is 2. The standard InChI is InChI=1S/C21H24ClN7O2/c1-21(2,23)13-28-11-14(9-25-28)19-17(22)10-24-20(27-19)26-15-3-5-16(6-4-15)29-7-8-31-12-18(29)30/h3-6,9-11H,7-8,12-13,23H2,1-2H3,(H,24,26,27). The van der Waals surface area contributed by atoms with Gasteiger partial charge in [-0.15, -0.1) is 0 Å². The van der Waals surface area contributed by atoms with Gasteiger partial charge in [-0.25, -0.2) is 9.97 Å². The maximum Gasteiger partial charge on any atom is 0.253 e. The number of amides is 1. The van der Waals surface area contributed by atoms with Crippen LogP contribution in [-0.2, 0) is 16.1 Å². The minimum Gasteiger partial charge on any atom is -0.370 e. The molecular weight excluding hydrogens is 418 g/mol. The van der Waals surface area contributed by atoms with Gasteiger partial charge in [0.1, 0.15) is 6.61 Å². The van der Waals surface area contributed by atoms with Gasteiger partial charge >= 0.3 is 0 Å². The molecule has 4 rings (SSSR count). The summed E-state index contributed by atoms with van der Waals surface area (Å²) in [6.07, 6.45) is 5.12. The van der Waals surface area contributed by atoms with Crippen LogP contribution in [0.4, 0.5) is 17.3 Å². The van der Waals surface area contributed by atoms with Gasteiger partial charge < -0.3 is 20.7 Å². The van der Waals surface area contributed by atoms with Crippen LogP contribution in [0.1, 0.15) is 13.8 Å². The molecule has 9 nitrogen and oxygen atoms in total. The number of nitrogens with zero attached hydrogens (tertiary/aromatic N) is 5. The maximum atomic E-state index is 12.0. The number of nitrogens with one attached hydrogen (secondary N) is 1. The number of aromatic nitrogens is 4. The van der Waals surface area contributed by atoms with E-state index in [1.165, 1.54) is 0 Å². The van der Waals surface area contributed by atoms with Crippen molar-refractivity contribution in [2.45, 2.75) is 25.9 Å². The molecule has 0 bridgehead atoms. The highest BCUT2D eigenvalue weighted by molar-refractivity contribution is 6.32. The minimum atomic E-state index is -0.385. The Labute approximate surface area is 185 Å². The number of carbonyl (C=O) groups excluding carboxylic acids is 1. The van der Waals surface area contributed by atoms with E-state index < -0.39 is 0 Å². The summed E-state index contributed by atoms with van der Waals surface area (Å²) in [6.45, 7) is 5.64. The zero-order valence-corrected chi connectivity index (χ0v) is 18.1. The molecule has 0 radical (unpaired) electrons. The van der Waals surface area contributed by atoms with Crippen LogP contribution in [0.3, 0.4) is 0 Å². The van der Waals surface area contributed by atoms with Gasteiger partial charge in [0.2, 0.25) is 5.95 Å². The summed E-state index contributed by atoms with van der Waals surface area (Å²) in [4.78, 5) is 22.5. The third-order valence-electron chi connectivity index (χ3n) is 4.64. The van der Waals surface area contributed by atoms with Crippen LogP contribution in [-0.4, -0.2) is 51.0 Å². The van der Waals surface area contributed by atoms with Crippen LogP contribution >= 0.6 is 11.6 Å². The topological polar surface area (TPSA) is 111 Å². The van der Waals surface area contributed by atoms with E-state index in [1.54, 1.807) is 22.0 Å². The van der Waals surface area contributed by atoms with Crippen molar-refractivity contribution < 1.29 is 9.53 Å². The Morgan fingerprint density at radius 1 is 1.26 bits per heavy atom. The highest BCUT2D eigenvalue weighted by atomic mass is 35.5. The number of hydrogen-bond acceptors (Lipinski definition) is 7. The number of nitrogens with two attached hydrogens (primary N) is 1. The summed E-state index contributed by atoms with van der Waals surface area (Å²) >= 11 is 6.33. The second-order valence-corrected chi connectivity index (χ2v) is 8.48. The minimum absolute atomic E-state index is 0.0452. The molecule has 1 saturated heterocycles. The molecule has 0 saturated carbocycles. The quantitative estimate of drug-likeness (QED) is 0.604. The number of ether oxygens (including phenoxy) is 1. The summed E-state index contributed by atoms with van der Waals surface area (Å²) < 4.78 is 6.95. The lowest BCUT2D eigenvalue weighted by atomic mass is 10.1. The van der Waals surface area contributed by atoms with Crippen LogP contribution in [0, 0.1) is 0 Å². The van der Waals surface area contributed by atoms with E-state index >= 15 is 0 Å². The van der Waals surface area contributed by atoms with Crippen molar-refractivity contribution in [2.75, 3.05) is 30.0 Å². The lowest BCUT2D eigenvalue weighted by molar-refractivity contribution is -0.125. The second-order valence-electron chi connectivity index (χ2n) is 8.08. The second kappa shape index (κ2) is 8.62. The number of halogens is 1. The Kier molecular flexibility index (Phi) is 5.90. The van der Waals surface area contributed by atoms with E-state index in [-0.39, 0.29) is 18.1 Å². The Bertz CT molecular complexity index is 1080. The smallest absolute Gasteiger partial charge is 0.253 e. The highest BCUT2D eigenvalue weighted by Crippen LogP contribution is 2.27. The van der Waals surface area contributed by atoms with Gasteiger partial charge in [0.25, 0.3) is 5.91 Å². The fourth-order valence-corrected chi connectivity index (χ4v) is 3.46. The third-order valence-corrected chi connectivity index (χ3v) is 4.92. The summed E-state index contributed by atoms with van der Waals surface area (Å²) in [7, 11) is 0. The Morgan fingerprint density at radius 2 is 2.03 bits per heavy atom. The van der Waals surface area contributed by atoms with Crippen molar-refractivity contribution >= 4 is 34.8 Å². The lowest BCUT2D eigenvalue weighted by Crippen LogP contribution is -2.41. The normalized spacial score (nSPS) is 14.7. The van der Waals surface area contributed by atoms with E-state index in [2.05, 4.69) is 20.4 Å². The summed E-state index contributed by atoms with van der Waals surface area (Å²) in [5.41, 5.74) is 8.66. The summed E-state index contributed by atoms with van der Waals surface area (Å²) in [5.74, 6) is 0.359. The fraction of sp³-hybridized carbons (Fsp3) is 0.333. The zero-order valence-electron chi connectivity index (χ0n) is 17.4. The molecule has 0 aliphatic carbocycles. The molecule has 1 amide bonds. The predicted molar refractivity (Wildman–Crippen MR) is 119 cm³/mol. The molecular formula is C21H24ClN7O2. The molecule has 162 valence electrons. The Hall–Kier alpha value is -3.01. The first-order valence-corrected chi connectivity index (χ1v) is 10.3. The van der Waals surface area contributed by atoms with Crippen LogP contribution in [0.5, 0.6) is 0 Å². The number of anilines is 3. The van der Waals surface area contributed by atoms with E-state index in [0.717, 1.165) is 16.9 Å². The molecule has 3 N–H and O–H groups in total. The SMILES string of the molecule is CC(C)(N)Cn1cc(-c2nc(Nc3ccc(N4CCOCC4=O)cc3)ncc2Cl)cn1. The summed E-state index contributed by atoms with van der Waals surface area (Å²) in [6, 6.07) is 7.50. The van der Waals surface area contributed by atoms with Gasteiger partial charge in [0.05, 0.1) is 36.3 Å². The van der Waals surface area contributed by atoms with Gasteiger partial charge in [0.15, 0.2) is 0 Å². The number of carbonyl (C=O) groups is 1. The molecule has 1 aromatic carbocycles.